The highest BCUT2D eigenvalue weighted by atomic mass is 15.3. The molecule has 2 rings (SSSR count). The molecule has 2 heteroatoms. The maximum atomic E-state index is 3.90. The van der Waals surface area contributed by atoms with Gasteiger partial charge in [0.25, 0.3) is 0 Å². The van der Waals surface area contributed by atoms with E-state index in [4.69, 9.17) is 0 Å². The van der Waals surface area contributed by atoms with Crippen molar-refractivity contribution in [3.63, 3.8) is 0 Å². The average Bonchev–Trinajstić information content (AvgIpc) is 2.35. The lowest BCUT2D eigenvalue weighted by Crippen LogP contribution is -2.65. The molecule has 0 aromatic heterocycles. The molecule has 0 radical (unpaired) electrons. The molecule has 1 aromatic carbocycles. The van der Waals surface area contributed by atoms with Gasteiger partial charge in [0.15, 0.2) is 0 Å². The Kier molecular flexibility index (Phi) is 3.60. The summed E-state index contributed by atoms with van der Waals surface area (Å²) in [5.41, 5.74) is 1.58. The van der Waals surface area contributed by atoms with Gasteiger partial charge in [-0.1, -0.05) is 36.4 Å². The largest absolute Gasteiger partial charge is 0.308 e. The molecule has 0 amide bonds. The van der Waals surface area contributed by atoms with Gasteiger partial charge < -0.3 is 5.32 Å². The summed E-state index contributed by atoms with van der Waals surface area (Å²) in [5, 5.41) is 3.66. The van der Waals surface area contributed by atoms with Gasteiger partial charge in [-0.25, -0.2) is 0 Å². The number of nitrogens with one attached hydrogen (secondary N) is 1. The van der Waals surface area contributed by atoms with E-state index in [0.29, 0.717) is 0 Å². The fourth-order valence-electron chi connectivity index (χ4n) is 2.73. The summed E-state index contributed by atoms with van der Waals surface area (Å²) >= 11 is 0. The number of nitrogens with zero attached hydrogens (tertiary/aromatic N) is 1. The van der Waals surface area contributed by atoms with Crippen LogP contribution in [0.15, 0.2) is 43.0 Å². The zero-order valence-corrected chi connectivity index (χ0v) is 11.7. The Labute approximate surface area is 111 Å². The smallest absolute Gasteiger partial charge is 0.0561 e. The van der Waals surface area contributed by atoms with E-state index in [1.165, 1.54) is 5.56 Å². The van der Waals surface area contributed by atoms with Crippen LogP contribution in [0.3, 0.4) is 0 Å². The summed E-state index contributed by atoms with van der Waals surface area (Å²) in [6.07, 6.45) is 2.00. The van der Waals surface area contributed by atoms with E-state index in [0.717, 1.165) is 19.6 Å². The van der Waals surface area contributed by atoms with Crippen molar-refractivity contribution >= 4 is 0 Å². The standard InChI is InChI=1S/C16H24N2/c1-5-11-18-13-15(2,3)17-12-16(18,4)14-9-7-6-8-10-14/h5-10,17H,1,11-13H2,2-4H3. The van der Waals surface area contributed by atoms with Crippen molar-refractivity contribution in [1.29, 1.82) is 0 Å². The molecular formula is C16H24N2. The van der Waals surface area contributed by atoms with Gasteiger partial charge in [-0.2, -0.15) is 0 Å². The number of hydrogen-bond donors (Lipinski definition) is 1. The lowest BCUT2D eigenvalue weighted by molar-refractivity contribution is 0.0347. The van der Waals surface area contributed by atoms with Crippen LogP contribution in [-0.4, -0.2) is 30.1 Å². The lowest BCUT2D eigenvalue weighted by atomic mass is 9.84. The molecule has 1 aliphatic rings. The van der Waals surface area contributed by atoms with Gasteiger partial charge in [0, 0.05) is 25.2 Å². The molecule has 1 fully saturated rings. The summed E-state index contributed by atoms with van der Waals surface area (Å²) in [5.74, 6) is 0. The SMILES string of the molecule is C=CCN1CC(C)(C)NCC1(C)c1ccccc1. The summed E-state index contributed by atoms with van der Waals surface area (Å²) < 4.78 is 0. The van der Waals surface area contributed by atoms with Crippen LogP contribution in [-0.2, 0) is 5.54 Å². The fraction of sp³-hybridized carbons (Fsp3) is 0.500. The van der Waals surface area contributed by atoms with E-state index in [1.54, 1.807) is 0 Å². The van der Waals surface area contributed by atoms with E-state index in [-0.39, 0.29) is 11.1 Å². The molecule has 1 saturated heterocycles. The first-order chi connectivity index (χ1) is 8.48. The van der Waals surface area contributed by atoms with Crippen molar-refractivity contribution in [3.05, 3.63) is 48.6 Å². The van der Waals surface area contributed by atoms with Crippen LogP contribution in [0.2, 0.25) is 0 Å². The van der Waals surface area contributed by atoms with Crippen molar-refractivity contribution in [3.8, 4) is 0 Å². The number of hydrogen-bond acceptors (Lipinski definition) is 2. The summed E-state index contributed by atoms with van der Waals surface area (Å²) in [7, 11) is 0. The number of rotatable bonds is 3. The molecule has 0 aliphatic carbocycles. The first-order valence-electron chi connectivity index (χ1n) is 6.64. The molecule has 1 aromatic rings. The van der Waals surface area contributed by atoms with E-state index >= 15 is 0 Å². The molecule has 1 atom stereocenters. The normalized spacial score (nSPS) is 27.9. The van der Waals surface area contributed by atoms with Gasteiger partial charge in [0.05, 0.1) is 5.54 Å². The van der Waals surface area contributed by atoms with E-state index in [9.17, 15) is 0 Å². The average molecular weight is 244 g/mol. The van der Waals surface area contributed by atoms with Crippen molar-refractivity contribution in [2.45, 2.75) is 31.8 Å². The zero-order chi connectivity index (χ0) is 13.2. The van der Waals surface area contributed by atoms with E-state index < -0.39 is 0 Å². The van der Waals surface area contributed by atoms with Gasteiger partial charge >= 0.3 is 0 Å². The van der Waals surface area contributed by atoms with Crippen molar-refractivity contribution in [1.82, 2.24) is 10.2 Å². The minimum absolute atomic E-state index is 0.0466. The van der Waals surface area contributed by atoms with Crippen LogP contribution in [0.1, 0.15) is 26.3 Å². The van der Waals surface area contributed by atoms with Crippen LogP contribution in [0.25, 0.3) is 0 Å². The van der Waals surface area contributed by atoms with E-state index in [1.807, 2.05) is 6.08 Å². The quantitative estimate of drug-likeness (QED) is 0.823. The molecule has 0 saturated carbocycles. The van der Waals surface area contributed by atoms with Crippen LogP contribution >= 0.6 is 0 Å². The summed E-state index contributed by atoms with van der Waals surface area (Å²) in [6, 6.07) is 10.7. The van der Waals surface area contributed by atoms with Gasteiger partial charge in [-0.05, 0) is 26.3 Å². The topological polar surface area (TPSA) is 15.3 Å². The minimum Gasteiger partial charge on any atom is -0.308 e. The first kappa shape index (κ1) is 13.3. The van der Waals surface area contributed by atoms with Gasteiger partial charge in [-0.3, -0.25) is 4.90 Å². The highest BCUT2D eigenvalue weighted by Crippen LogP contribution is 2.32. The molecule has 1 heterocycles. The van der Waals surface area contributed by atoms with Crippen LogP contribution < -0.4 is 5.32 Å². The molecule has 1 unspecified atom stereocenters. The molecule has 1 N–H and O–H groups in total. The molecule has 98 valence electrons. The molecular weight excluding hydrogens is 220 g/mol. The highest BCUT2D eigenvalue weighted by Gasteiger charge is 2.41. The van der Waals surface area contributed by atoms with Crippen molar-refractivity contribution in [2.24, 2.45) is 0 Å². The predicted octanol–water partition coefficient (Wildman–Crippen LogP) is 2.77. The van der Waals surface area contributed by atoms with Crippen molar-refractivity contribution in [2.75, 3.05) is 19.6 Å². The van der Waals surface area contributed by atoms with Gasteiger partial charge in [-0.15, -0.1) is 6.58 Å². The minimum atomic E-state index is 0.0466. The molecule has 0 spiro atoms. The van der Waals surface area contributed by atoms with Gasteiger partial charge in [0.1, 0.15) is 0 Å². The fourth-order valence-corrected chi connectivity index (χ4v) is 2.73. The molecule has 18 heavy (non-hydrogen) atoms. The Balaban J connectivity index is 2.32. The zero-order valence-electron chi connectivity index (χ0n) is 11.7. The maximum absolute atomic E-state index is 3.90. The molecule has 0 bridgehead atoms. The number of piperazine rings is 1. The first-order valence-corrected chi connectivity index (χ1v) is 6.64. The number of benzene rings is 1. The maximum Gasteiger partial charge on any atom is 0.0561 e. The van der Waals surface area contributed by atoms with Gasteiger partial charge in [0.2, 0.25) is 0 Å². The van der Waals surface area contributed by atoms with Crippen LogP contribution in [0.4, 0.5) is 0 Å². The summed E-state index contributed by atoms with van der Waals surface area (Å²) in [4.78, 5) is 2.52. The predicted molar refractivity (Wildman–Crippen MR) is 77.6 cm³/mol. The van der Waals surface area contributed by atoms with E-state index in [2.05, 4.69) is 67.9 Å². The summed E-state index contributed by atoms with van der Waals surface area (Å²) in [6.45, 7) is 13.7. The van der Waals surface area contributed by atoms with Crippen molar-refractivity contribution < 1.29 is 0 Å². The second-order valence-electron chi connectivity index (χ2n) is 6.05. The molecule has 2 nitrogen and oxygen atoms in total. The van der Waals surface area contributed by atoms with Crippen LogP contribution in [0, 0.1) is 0 Å². The monoisotopic (exact) mass is 244 g/mol. The second kappa shape index (κ2) is 4.87. The Morgan fingerprint density at radius 2 is 1.94 bits per heavy atom. The Morgan fingerprint density at radius 1 is 1.28 bits per heavy atom. The third kappa shape index (κ3) is 2.50. The lowest BCUT2D eigenvalue weighted by Gasteiger charge is -2.51. The van der Waals surface area contributed by atoms with Crippen LogP contribution in [0.5, 0.6) is 0 Å². The second-order valence-corrected chi connectivity index (χ2v) is 6.05. The Morgan fingerprint density at radius 3 is 2.56 bits per heavy atom. The third-order valence-electron chi connectivity index (χ3n) is 3.94. The highest BCUT2D eigenvalue weighted by molar-refractivity contribution is 5.26. The third-order valence-corrected chi connectivity index (χ3v) is 3.94. The molecule has 1 aliphatic heterocycles. The Bertz CT molecular complexity index is 410. The Hall–Kier alpha value is -1.12.